The third kappa shape index (κ3) is 1.61. The molecular weight excluding hydrogens is 212 g/mol. The van der Waals surface area contributed by atoms with Crippen LogP contribution in [0.1, 0.15) is 10.4 Å². The summed E-state index contributed by atoms with van der Waals surface area (Å²) >= 11 is 0. The Labute approximate surface area is 98.4 Å². The van der Waals surface area contributed by atoms with Gasteiger partial charge in [0.05, 0.1) is 23.7 Å². The standard InChI is InChI=1S/C14H10N2O/c17-9-11-4-6-12(7-5-11)14-3-1-2-13-8-15-10-16(13)14/h1-10H. The highest BCUT2D eigenvalue weighted by Gasteiger charge is 2.02. The Bertz CT molecular complexity index is 668. The molecule has 0 radical (unpaired) electrons. The van der Waals surface area contributed by atoms with Crippen LogP contribution >= 0.6 is 0 Å². The number of fused-ring (bicyclic) bond motifs is 1. The van der Waals surface area contributed by atoms with Gasteiger partial charge in [-0.15, -0.1) is 0 Å². The molecule has 3 nitrogen and oxygen atoms in total. The number of rotatable bonds is 2. The molecule has 0 saturated heterocycles. The molecule has 82 valence electrons. The highest BCUT2D eigenvalue weighted by molar-refractivity contribution is 5.76. The molecule has 1 aromatic carbocycles. The monoisotopic (exact) mass is 222 g/mol. The molecule has 0 saturated carbocycles. The molecular formula is C14H10N2O. The third-order valence-electron chi connectivity index (χ3n) is 2.79. The molecule has 2 heterocycles. The van der Waals surface area contributed by atoms with Crippen molar-refractivity contribution in [2.24, 2.45) is 0 Å². The van der Waals surface area contributed by atoms with Gasteiger partial charge in [-0.2, -0.15) is 0 Å². The van der Waals surface area contributed by atoms with Crippen LogP contribution in [0.4, 0.5) is 0 Å². The number of hydrogen-bond acceptors (Lipinski definition) is 2. The second kappa shape index (κ2) is 3.87. The topological polar surface area (TPSA) is 34.4 Å². The number of nitrogens with zero attached hydrogens (tertiary/aromatic N) is 2. The Hall–Kier alpha value is -2.42. The van der Waals surface area contributed by atoms with Crippen molar-refractivity contribution in [3.05, 3.63) is 60.6 Å². The van der Waals surface area contributed by atoms with E-state index in [0.29, 0.717) is 5.56 Å². The summed E-state index contributed by atoms with van der Waals surface area (Å²) in [5.41, 5.74) is 3.88. The Morgan fingerprint density at radius 2 is 1.88 bits per heavy atom. The Balaban J connectivity index is 2.19. The number of pyridine rings is 1. The average molecular weight is 222 g/mol. The van der Waals surface area contributed by atoms with E-state index in [1.807, 2.05) is 53.1 Å². The predicted molar refractivity (Wildman–Crippen MR) is 66.0 cm³/mol. The second-order valence-corrected chi connectivity index (χ2v) is 3.84. The van der Waals surface area contributed by atoms with Gasteiger partial charge in [-0.1, -0.05) is 30.3 Å². The van der Waals surface area contributed by atoms with Crippen LogP contribution in [0.2, 0.25) is 0 Å². The summed E-state index contributed by atoms with van der Waals surface area (Å²) in [7, 11) is 0. The summed E-state index contributed by atoms with van der Waals surface area (Å²) in [6, 6.07) is 13.6. The lowest BCUT2D eigenvalue weighted by Gasteiger charge is -2.05. The largest absolute Gasteiger partial charge is 0.299 e. The number of carbonyl (C=O) groups excluding carboxylic acids is 1. The molecule has 17 heavy (non-hydrogen) atoms. The van der Waals surface area contributed by atoms with Crippen LogP contribution in [0.3, 0.4) is 0 Å². The van der Waals surface area contributed by atoms with Gasteiger partial charge in [0.1, 0.15) is 6.29 Å². The first-order chi connectivity index (χ1) is 8.38. The Kier molecular flexibility index (Phi) is 2.22. The van der Waals surface area contributed by atoms with Gasteiger partial charge in [-0.25, -0.2) is 4.98 Å². The van der Waals surface area contributed by atoms with Crippen LogP contribution < -0.4 is 0 Å². The summed E-state index contributed by atoms with van der Waals surface area (Å²) in [6.45, 7) is 0. The van der Waals surface area contributed by atoms with E-state index in [-0.39, 0.29) is 0 Å². The number of aldehydes is 1. The lowest BCUT2D eigenvalue weighted by atomic mass is 10.1. The van der Waals surface area contributed by atoms with E-state index in [1.54, 1.807) is 6.33 Å². The van der Waals surface area contributed by atoms with Gasteiger partial charge in [0.15, 0.2) is 0 Å². The normalized spacial score (nSPS) is 10.6. The second-order valence-electron chi connectivity index (χ2n) is 3.84. The van der Waals surface area contributed by atoms with Gasteiger partial charge >= 0.3 is 0 Å². The fourth-order valence-electron chi connectivity index (χ4n) is 1.92. The van der Waals surface area contributed by atoms with Gasteiger partial charge in [-0.05, 0) is 17.7 Å². The molecule has 3 heteroatoms. The lowest BCUT2D eigenvalue weighted by molar-refractivity contribution is 0.112. The fraction of sp³-hybridized carbons (Fsp3) is 0. The quantitative estimate of drug-likeness (QED) is 0.625. The van der Waals surface area contributed by atoms with Gasteiger partial charge in [0, 0.05) is 5.56 Å². The van der Waals surface area contributed by atoms with Crippen LogP contribution in [0.5, 0.6) is 0 Å². The maximum Gasteiger partial charge on any atom is 0.150 e. The van der Waals surface area contributed by atoms with Crippen molar-refractivity contribution in [2.75, 3.05) is 0 Å². The number of hydrogen-bond donors (Lipinski definition) is 0. The van der Waals surface area contributed by atoms with E-state index in [2.05, 4.69) is 4.98 Å². The zero-order valence-electron chi connectivity index (χ0n) is 9.08. The molecule has 0 unspecified atom stereocenters. The zero-order valence-corrected chi connectivity index (χ0v) is 9.08. The van der Waals surface area contributed by atoms with Crippen molar-refractivity contribution in [1.29, 1.82) is 0 Å². The molecule has 2 aromatic heterocycles. The minimum absolute atomic E-state index is 0.687. The lowest BCUT2D eigenvalue weighted by Crippen LogP contribution is -1.90. The van der Waals surface area contributed by atoms with E-state index in [4.69, 9.17) is 0 Å². The minimum Gasteiger partial charge on any atom is -0.299 e. The fourth-order valence-corrected chi connectivity index (χ4v) is 1.92. The summed E-state index contributed by atoms with van der Waals surface area (Å²) in [4.78, 5) is 14.7. The zero-order chi connectivity index (χ0) is 11.7. The molecule has 0 bridgehead atoms. The number of benzene rings is 1. The first-order valence-electron chi connectivity index (χ1n) is 5.35. The van der Waals surface area contributed by atoms with Crippen molar-refractivity contribution >= 4 is 11.8 Å². The van der Waals surface area contributed by atoms with Crippen molar-refractivity contribution in [1.82, 2.24) is 9.38 Å². The maximum absolute atomic E-state index is 10.6. The highest BCUT2D eigenvalue weighted by Crippen LogP contribution is 2.20. The summed E-state index contributed by atoms with van der Waals surface area (Å²) in [5, 5.41) is 0. The summed E-state index contributed by atoms with van der Waals surface area (Å²) in [6.07, 6.45) is 4.46. The van der Waals surface area contributed by atoms with E-state index in [0.717, 1.165) is 23.1 Å². The number of aromatic nitrogens is 2. The molecule has 0 fully saturated rings. The molecule has 0 aliphatic rings. The highest BCUT2D eigenvalue weighted by atomic mass is 16.1. The number of imidazole rings is 1. The summed E-state index contributed by atoms with van der Waals surface area (Å²) < 4.78 is 2.02. The first kappa shape index (κ1) is 9.78. The van der Waals surface area contributed by atoms with E-state index >= 15 is 0 Å². The van der Waals surface area contributed by atoms with Crippen molar-refractivity contribution in [3.63, 3.8) is 0 Å². The smallest absolute Gasteiger partial charge is 0.150 e. The molecule has 0 atom stereocenters. The maximum atomic E-state index is 10.6. The van der Waals surface area contributed by atoms with Crippen LogP contribution in [0.15, 0.2) is 55.0 Å². The Morgan fingerprint density at radius 1 is 1.06 bits per heavy atom. The van der Waals surface area contributed by atoms with Gasteiger partial charge in [0.25, 0.3) is 0 Å². The molecule has 3 aromatic rings. The van der Waals surface area contributed by atoms with E-state index in [9.17, 15) is 4.79 Å². The first-order valence-corrected chi connectivity index (χ1v) is 5.35. The van der Waals surface area contributed by atoms with Crippen LogP contribution in [0.25, 0.3) is 16.8 Å². The minimum atomic E-state index is 0.687. The number of carbonyl (C=O) groups is 1. The van der Waals surface area contributed by atoms with Crippen molar-refractivity contribution in [2.45, 2.75) is 0 Å². The third-order valence-corrected chi connectivity index (χ3v) is 2.79. The molecule has 0 aliphatic carbocycles. The van der Waals surface area contributed by atoms with Gasteiger partial charge in [0.2, 0.25) is 0 Å². The summed E-state index contributed by atoms with van der Waals surface area (Å²) in [5.74, 6) is 0. The van der Waals surface area contributed by atoms with Crippen LogP contribution in [-0.2, 0) is 0 Å². The van der Waals surface area contributed by atoms with Gasteiger partial charge < -0.3 is 0 Å². The molecule has 0 aliphatic heterocycles. The molecule has 0 amide bonds. The van der Waals surface area contributed by atoms with Crippen LogP contribution in [0, 0.1) is 0 Å². The van der Waals surface area contributed by atoms with Gasteiger partial charge in [-0.3, -0.25) is 9.20 Å². The van der Waals surface area contributed by atoms with E-state index < -0.39 is 0 Å². The molecule has 0 spiro atoms. The average Bonchev–Trinajstić information content (AvgIpc) is 2.87. The van der Waals surface area contributed by atoms with E-state index in [1.165, 1.54) is 0 Å². The SMILES string of the molecule is O=Cc1ccc(-c2cccc3cncn23)cc1. The van der Waals surface area contributed by atoms with Crippen molar-refractivity contribution < 1.29 is 4.79 Å². The predicted octanol–water partition coefficient (Wildman–Crippen LogP) is 2.81. The van der Waals surface area contributed by atoms with Crippen LogP contribution in [-0.4, -0.2) is 15.7 Å². The molecule has 3 rings (SSSR count). The Morgan fingerprint density at radius 3 is 2.65 bits per heavy atom. The molecule has 0 N–H and O–H groups in total. The van der Waals surface area contributed by atoms with Crippen molar-refractivity contribution in [3.8, 4) is 11.3 Å².